The van der Waals surface area contributed by atoms with Crippen molar-refractivity contribution in [2.24, 2.45) is 0 Å². The zero-order valence-corrected chi connectivity index (χ0v) is 11.5. The van der Waals surface area contributed by atoms with E-state index >= 15 is 0 Å². The Morgan fingerprint density at radius 2 is 1.71 bits per heavy atom. The van der Waals surface area contributed by atoms with E-state index in [0.717, 1.165) is 23.3 Å². The molecule has 0 aliphatic rings. The lowest BCUT2D eigenvalue weighted by molar-refractivity contribution is -0.0522. The van der Waals surface area contributed by atoms with E-state index in [4.69, 9.17) is 10.5 Å². The number of aryl methyl sites for hydroxylation is 2. The van der Waals surface area contributed by atoms with Gasteiger partial charge in [-0.3, -0.25) is 0 Å². The van der Waals surface area contributed by atoms with Gasteiger partial charge in [-0.2, -0.15) is 8.78 Å². The smallest absolute Gasteiger partial charge is 0.387 e. The predicted octanol–water partition coefficient (Wildman–Crippen LogP) is 4.42. The van der Waals surface area contributed by atoms with Gasteiger partial charge < -0.3 is 15.2 Å². The zero-order valence-electron chi connectivity index (χ0n) is 11.5. The standard InChI is InChI=1S/C15H14F3NO2/c1-8-3-4-10(5-9(8)2)20-14-7-13(21-15(17)18)11(16)6-12(14)19/h3-7,15H,19H2,1-2H3. The number of anilines is 1. The van der Waals surface area contributed by atoms with E-state index in [2.05, 4.69) is 4.74 Å². The number of rotatable bonds is 4. The van der Waals surface area contributed by atoms with E-state index in [1.165, 1.54) is 0 Å². The molecule has 0 fully saturated rings. The fourth-order valence-electron chi connectivity index (χ4n) is 1.73. The van der Waals surface area contributed by atoms with Crippen LogP contribution in [0.4, 0.5) is 18.9 Å². The van der Waals surface area contributed by atoms with Crippen molar-refractivity contribution < 1.29 is 22.6 Å². The maximum Gasteiger partial charge on any atom is 0.387 e. The zero-order chi connectivity index (χ0) is 15.6. The van der Waals surface area contributed by atoms with Crippen LogP contribution in [0, 0.1) is 19.7 Å². The molecule has 0 heterocycles. The third-order valence-electron chi connectivity index (χ3n) is 2.99. The molecular formula is C15H14F3NO2. The van der Waals surface area contributed by atoms with Crippen LogP contribution in [0.15, 0.2) is 30.3 Å². The normalized spacial score (nSPS) is 10.8. The molecule has 6 heteroatoms. The molecule has 0 radical (unpaired) electrons. The third kappa shape index (κ3) is 3.59. The molecular weight excluding hydrogens is 283 g/mol. The van der Waals surface area contributed by atoms with Crippen LogP contribution >= 0.6 is 0 Å². The number of benzene rings is 2. The lowest BCUT2D eigenvalue weighted by atomic mass is 10.1. The lowest BCUT2D eigenvalue weighted by Gasteiger charge is -2.13. The summed E-state index contributed by atoms with van der Waals surface area (Å²) < 4.78 is 47.4. The summed E-state index contributed by atoms with van der Waals surface area (Å²) in [5, 5.41) is 0. The summed E-state index contributed by atoms with van der Waals surface area (Å²) in [5.41, 5.74) is 7.70. The van der Waals surface area contributed by atoms with Gasteiger partial charge in [-0.1, -0.05) is 6.07 Å². The van der Waals surface area contributed by atoms with Gasteiger partial charge in [0.15, 0.2) is 17.3 Å². The third-order valence-corrected chi connectivity index (χ3v) is 2.99. The first kappa shape index (κ1) is 15.0. The predicted molar refractivity (Wildman–Crippen MR) is 73.4 cm³/mol. The summed E-state index contributed by atoms with van der Waals surface area (Å²) >= 11 is 0. The molecule has 2 aromatic carbocycles. The van der Waals surface area contributed by atoms with Crippen LogP contribution in [0.2, 0.25) is 0 Å². The number of nitrogen functional groups attached to an aromatic ring is 1. The molecule has 0 aromatic heterocycles. The summed E-state index contributed by atoms with van der Waals surface area (Å²) in [4.78, 5) is 0. The first-order chi connectivity index (χ1) is 9.86. The lowest BCUT2D eigenvalue weighted by Crippen LogP contribution is -2.05. The van der Waals surface area contributed by atoms with Gasteiger partial charge in [0, 0.05) is 12.1 Å². The summed E-state index contributed by atoms with van der Waals surface area (Å²) in [6, 6.07) is 7.21. The van der Waals surface area contributed by atoms with Crippen molar-refractivity contribution in [1.82, 2.24) is 0 Å². The van der Waals surface area contributed by atoms with Gasteiger partial charge in [0.25, 0.3) is 0 Å². The molecule has 0 unspecified atom stereocenters. The van der Waals surface area contributed by atoms with Crippen molar-refractivity contribution in [3.8, 4) is 17.2 Å². The molecule has 112 valence electrons. The minimum atomic E-state index is -3.13. The highest BCUT2D eigenvalue weighted by molar-refractivity contribution is 5.57. The molecule has 2 N–H and O–H groups in total. The van der Waals surface area contributed by atoms with Crippen molar-refractivity contribution in [3.05, 3.63) is 47.3 Å². The van der Waals surface area contributed by atoms with E-state index in [9.17, 15) is 13.2 Å². The Morgan fingerprint density at radius 1 is 1.00 bits per heavy atom. The molecule has 2 aromatic rings. The average Bonchev–Trinajstić information content (AvgIpc) is 2.39. The summed E-state index contributed by atoms with van der Waals surface area (Å²) in [6.07, 6.45) is 0. The highest BCUT2D eigenvalue weighted by Gasteiger charge is 2.14. The number of hydrogen-bond donors (Lipinski definition) is 1. The number of hydrogen-bond acceptors (Lipinski definition) is 3. The number of alkyl halides is 2. The van der Waals surface area contributed by atoms with Gasteiger partial charge in [-0.05, 0) is 37.1 Å². The molecule has 0 aliphatic heterocycles. The molecule has 2 rings (SSSR count). The first-order valence-electron chi connectivity index (χ1n) is 6.15. The Hall–Kier alpha value is -2.37. The second kappa shape index (κ2) is 5.95. The summed E-state index contributed by atoms with van der Waals surface area (Å²) in [6.45, 7) is 0.721. The van der Waals surface area contributed by atoms with E-state index in [0.29, 0.717) is 5.75 Å². The van der Waals surface area contributed by atoms with Crippen molar-refractivity contribution in [2.75, 3.05) is 5.73 Å². The SMILES string of the molecule is Cc1ccc(Oc2cc(OC(F)F)c(F)cc2N)cc1C. The maximum absolute atomic E-state index is 13.5. The Kier molecular flexibility index (Phi) is 4.26. The van der Waals surface area contributed by atoms with Crippen molar-refractivity contribution in [3.63, 3.8) is 0 Å². The van der Waals surface area contributed by atoms with Crippen LogP contribution < -0.4 is 15.2 Å². The van der Waals surface area contributed by atoms with Crippen LogP contribution in [0.25, 0.3) is 0 Å². The molecule has 0 aliphatic carbocycles. The Labute approximate surface area is 120 Å². The van der Waals surface area contributed by atoms with Gasteiger partial charge in [0.05, 0.1) is 5.69 Å². The molecule has 3 nitrogen and oxygen atoms in total. The van der Waals surface area contributed by atoms with Crippen molar-refractivity contribution in [1.29, 1.82) is 0 Å². The quantitative estimate of drug-likeness (QED) is 0.850. The minimum Gasteiger partial charge on any atom is -0.455 e. The van der Waals surface area contributed by atoms with Crippen molar-refractivity contribution >= 4 is 5.69 Å². The van der Waals surface area contributed by atoms with Gasteiger partial charge in [0.1, 0.15) is 5.75 Å². The number of halogens is 3. The van der Waals surface area contributed by atoms with Crippen LogP contribution in [-0.4, -0.2) is 6.61 Å². The monoisotopic (exact) mass is 297 g/mol. The van der Waals surface area contributed by atoms with Crippen LogP contribution in [0.3, 0.4) is 0 Å². The molecule has 0 saturated carbocycles. The Bertz CT molecular complexity index is 660. The Morgan fingerprint density at radius 3 is 2.33 bits per heavy atom. The number of ether oxygens (including phenoxy) is 2. The van der Waals surface area contributed by atoms with Gasteiger partial charge in [-0.15, -0.1) is 0 Å². The molecule has 0 atom stereocenters. The summed E-state index contributed by atoms with van der Waals surface area (Å²) in [7, 11) is 0. The second-order valence-electron chi connectivity index (χ2n) is 4.55. The summed E-state index contributed by atoms with van der Waals surface area (Å²) in [5.74, 6) is -1.06. The van der Waals surface area contributed by atoms with E-state index in [1.807, 2.05) is 19.9 Å². The average molecular weight is 297 g/mol. The first-order valence-corrected chi connectivity index (χ1v) is 6.15. The molecule has 21 heavy (non-hydrogen) atoms. The molecule has 0 bridgehead atoms. The van der Waals surface area contributed by atoms with Gasteiger partial charge in [-0.25, -0.2) is 4.39 Å². The molecule has 0 amide bonds. The fraction of sp³-hybridized carbons (Fsp3) is 0.200. The topological polar surface area (TPSA) is 44.5 Å². The van der Waals surface area contributed by atoms with Crippen LogP contribution in [0.5, 0.6) is 17.2 Å². The van der Waals surface area contributed by atoms with E-state index in [1.54, 1.807) is 12.1 Å². The fourth-order valence-corrected chi connectivity index (χ4v) is 1.73. The molecule has 0 saturated heterocycles. The van der Waals surface area contributed by atoms with Gasteiger partial charge in [0.2, 0.25) is 0 Å². The largest absolute Gasteiger partial charge is 0.455 e. The second-order valence-corrected chi connectivity index (χ2v) is 4.55. The Balaban J connectivity index is 2.32. The number of nitrogens with two attached hydrogens (primary N) is 1. The van der Waals surface area contributed by atoms with Gasteiger partial charge >= 0.3 is 6.61 Å². The van der Waals surface area contributed by atoms with Crippen molar-refractivity contribution in [2.45, 2.75) is 20.5 Å². The van der Waals surface area contributed by atoms with E-state index < -0.39 is 18.2 Å². The maximum atomic E-state index is 13.5. The van der Waals surface area contributed by atoms with E-state index in [-0.39, 0.29) is 11.4 Å². The highest BCUT2D eigenvalue weighted by Crippen LogP contribution is 2.34. The minimum absolute atomic E-state index is 0.00709. The highest BCUT2D eigenvalue weighted by atomic mass is 19.3. The van der Waals surface area contributed by atoms with Crippen LogP contribution in [-0.2, 0) is 0 Å². The molecule has 0 spiro atoms. The van der Waals surface area contributed by atoms with Crippen LogP contribution in [0.1, 0.15) is 11.1 Å².